The van der Waals surface area contributed by atoms with Crippen LogP contribution in [0.2, 0.25) is 0 Å². The van der Waals surface area contributed by atoms with E-state index in [0.29, 0.717) is 23.2 Å². The Morgan fingerprint density at radius 3 is 2.79 bits per heavy atom. The van der Waals surface area contributed by atoms with Crippen molar-refractivity contribution >= 4 is 11.8 Å². The molecule has 0 aliphatic carbocycles. The van der Waals surface area contributed by atoms with Gasteiger partial charge in [0.05, 0.1) is 5.56 Å². The molecule has 1 N–H and O–H groups in total. The van der Waals surface area contributed by atoms with E-state index < -0.39 is 0 Å². The molecule has 0 spiro atoms. The Bertz CT molecular complexity index is 1050. The van der Waals surface area contributed by atoms with Crippen LogP contribution in [-0.4, -0.2) is 48.2 Å². The summed E-state index contributed by atoms with van der Waals surface area (Å²) in [7, 11) is 0. The standard InChI is InChI=1S/C21H24N6OS/c1-2-29-21-24-8-15(9-25-21)11-26-10-14-7-16(13-26)18-4-3-17(19-22-5-6-23-19)20(28)27(18)12-14/h3-6,8-9,14,16H,2,7,10-13H2,1H3,(H,22,23)/t14-,16+/m0/s1. The summed E-state index contributed by atoms with van der Waals surface area (Å²) < 4.78 is 1.98. The molecule has 0 saturated carbocycles. The molecular weight excluding hydrogens is 384 g/mol. The zero-order chi connectivity index (χ0) is 19.8. The van der Waals surface area contributed by atoms with Crippen LogP contribution in [0.15, 0.2) is 46.9 Å². The second-order valence-electron chi connectivity index (χ2n) is 7.83. The fourth-order valence-corrected chi connectivity index (χ4v) is 5.17. The maximum absolute atomic E-state index is 13.1. The van der Waals surface area contributed by atoms with Crippen LogP contribution in [0.3, 0.4) is 0 Å². The van der Waals surface area contributed by atoms with E-state index in [2.05, 4.69) is 37.8 Å². The third kappa shape index (κ3) is 3.62. The minimum absolute atomic E-state index is 0.0676. The average Bonchev–Trinajstić information content (AvgIpc) is 3.25. The first kappa shape index (κ1) is 18.6. The number of hydrogen-bond acceptors (Lipinski definition) is 6. The highest BCUT2D eigenvalue weighted by molar-refractivity contribution is 7.99. The summed E-state index contributed by atoms with van der Waals surface area (Å²) in [5.74, 6) is 2.50. The Kier molecular flexibility index (Phi) is 4.97. The van der Waals surface area contributed by atoms with Crippen LogP contribution in [0, 0.1) is 5.92 Å². The van der Waals surface area contributed by atoms with Gasteiger partial charge in [0.25, 0.3) is 5.56 Å². The van der Waals surface area contributed by atoms with E-state index in [1.54, 1.807) is 24.2 Å². The van der Waals surface area contributed by atoms with Gasteiger partial charge in [0, 0.05) is 68.1 Å². The van der Waals surface area contributed by atoms with Gasteiger partial charge in [0.15, 0.2) is 5.16 Å². The van der Waals surface area contributed by atoms with Gasteiger partial charge in [-0.3, -0.25) is 9.69 Å². The number of hydrogen-bond donors (Lipinski definition) is 1. The monoisotopic (exact) mass is 408 g/mol. The minimum Gasteiger partial charge on any atom is -0.344 e. The average molecular weight is 409 g/mol. The van der Waals surface area contributed by atoms with Crippen LogP contribution in [0.5, 0.6) is 0 Å². The van der Waals surface area contributed by atoms with Crippen molar-refractivity contribution in [3.05, 3.63) is 58.5 Å². The molecule has 5 rings (SSSR count). The van der Waals surface area contributed by atoms with Crippen LogP contribution in [0.25, 0.3) is 11.4 Å². The first-order valence-electron chi connectivity index (χ1n) is 10.1. The number of nitrogens with one attached hydrogen (secondary N) is 1. The highest BCUT2D eigenvalue weighted by atomic mass is 32.2. The third-order valence-corrected chi connectivity index (χ3v) is 6.55. The maximum Gasteiger partial charge on any atom is 0.261 e. The summed E-state index contributed by atoms with van der Waals surface area (Å²) in [6, 6.07) is 4.04. The van der Waals surface area contributed by atoms with Crippen molar-refractivity contribution in [1.29, 1.82) is 0 Å². The SMILES string of the molecule is CCSc1ncc(CN2C[C@@H]3C[C@H](C2)c2ccc(-c4ncc[nH]4)c(=O)n2C3)cn1. The molecule has 5 heterocycles. The lowest BCUT2D eigenvalue weighted by Gasteiger charge is -2.42. The molecule has 7 nitrogen and oxygen atoms in total. The molecule has 150 valence electrons. The molecule has 0 aromatic carbocycles. The first-order valence-corrected chi connectivity index (χ1v) is 11.1. The molecular formula is C21H24N6OS. The molecule has 0 unspecified atom stereocenters. The molecule has 1 saturated heterocycles. The number of pyridine rings is 1. The lowest BCUT2D eigenvalue weighted by atomic mass is 9.83. The quantitative estimate of drug-likeness (QED) is 0.517. The molecule has 2 bridgehead atoms. The molecule has 1 fully saturated rings. The third-order valence-electron chi connectivity index (χ3n) is 5.79. The van der Waals surface area contributed by atoms with Gasteiger partial charge in [-0.05, 0) is 30.2 Å². The van der Waals surface area contributed by atoms with Gasteiger partial charge in [-0.25, -0.2) is 15.0 Å². The normalized spacial score (nSPS) is 21.1. The van der Waals surface area contributed by atoms with E-state index in [4.69, 9.17) is 0 Å². The number of thioether (sulfide) groups is 1. The van der Waals surface area contributed by atoms with Crippen molar-refractivity contribution in [2.75, 3.05) is 18.8 Å². The number of nitrogens with zero attached hydrogens (tertiary/aromatic N) is 5. The van der Waals surface area contributed by atoms with E-state index in [9.17, 15) is 4.79 Å². The van der Waals surface area contributed by atoms with Gasteiger partial charge in [0.1, 0.15) is 5.82 Å². The predicted octanol–water partition coefficient (Wildman–Crippen LogP) is 2.76. The molecule has 3 aromatic rings. The second-order valence-corrected chi connectivity index (χ2v) is 9.06. The summed E-state index contributed by atoms with van der Waals surface area (Å²) in [4.78, 5) is 31.8. The van der Waals surface area contributed by atoms with E-state index in [-0.39, 0.29) is 5.56 Å². The maximum atomic E-state index is 13.1. The smallest absolute Gasteiger partial charge is 0.261 e. The summed E-state index contributed by atoms with van der Waals surface area (Å²) >= 11 is 1.66. The Balaban J connectivity index is 1.36. The number of H-pyrrole nitrogens is 1. The highest BCUT2D eigenvalue weighted by Gasteiger charge is 2.35. The fourth-order valence-electron chi connectivity index (χ4n) is 4.65. The van der Waals surface area contributed by atoms with Crippen molar-refractivity contribution in [3.8, 4) is 11.4 Å². The van der Waals surface area contributed by atoms with Gasteiger partial charge in [0.2, 0.25) is 0 Å². The van der Waals surface area contributed by atoms with Gasteiger partial charge < -0.3 is 9.55 Å². The number of likely N-dealkylation sites (tertiary alicyclic amines) is 1. The van der Waals surface area contributed by atoms with Crippen LogP contribution in [-0.2, 0) is 13.1 Å². The molecule has 2 atom stereocenters. The van der Waals surface area contributed by atoms with E-state index in [1.165, 1.54) is 0 Å². The summed E-state index contributed by atoms with van der Waals surface area (Å²) in [5, 5.41) is 0.840. The zero-order valence-corrected chi connectivity index (χ0v) is 17.2. The fraction of sp³-hybridized carbons (Fsp3) is 0.429. The Hall–Kier alpha value is -2.45. The predicted molar refractivity (Wildman–Crippen MR) is 113 cm³/mol. The number of aromatic amines is 1. The minimum atomic E-state index is 0.0676. The van der Waals surface area contributed by atoms with Crippen LogP contribution in [0.1, 0.15) is 30.5 Å². The zero-order valence-electron chi connectivity index (χ0n) is 16.4. The lowest BCUT2D eigenvalue weighted by Crippen LogP contribution is -2.47. The first-order chi connectivity index (χ1) is 14.2. The number of piperidine rings is 1. The Labute approximate surface area is 173 Å². The van der Waals surface area contributed by atoms with Crippen molar-refractivity contribution in [2.45, 2.75) is 37.5 Å². The molecule has 3 aromatic heterocycles. The van der Waals surface area contributed by atoms with Crippen molar-refractivity contribution in [3.63, 3.8) is 0 Å². The number of aromatic nitrogens is 5. The van der Waals surface area contributed by atoms with Crippen molar-refractivity contribution in [2.24, 2.45) is 5.92 Å². The molecule has 2 aliphatic heterocycles. The topological polar surface area (TPSA) is 79.7 Å². The lowest BCUT2D eigenvalue weighted by molar-refractivity contribution is 0.114. The van der Waals surface area contributed by atoms with Crippen molar-refractivity contribution in [1.82, 2.24) is 29.4 Å². The van der Waals surface area contributed by atoms with Gasteiger partial charge in [-0.15, -0.1) is 0 Å². The molecule has 8 heteroatoms. The van der Waals surface area contributed by atoms with Gasteiger partial charge >= 0.3 is 0 Å². The van der Waals surface area contributed by atoms with E-state index in [1.807, 2.05) is 23.0 Å². The van der Waals surface area contributed by atoms with Crippen LogP contribution >= 0.6 is 11.8 Å². The summed E-state index contributed by atoms with van der Waals surface area (Å²) in [5.41, 5.74) is 3.02. The second kappa shape index (κ2) is 7.76. The molecule has 29 heavy (non-hydrogen) atoms. The Morgan fingerprint density at radius 1 is 1.17 bits per heavy atom. The van der Waals surface area contributed by atoms with Gasteiger partial charge in [-0.1, -0.05) is 18.7 Å². The molecule has 0 radical (unpaired) electrons. The number of fused-ring (bicyclic) bond motifs is 4. The molecule has 2 aliphatic rings. The Morgan fingerprint density at radius 2 is 2.03 bits per heavy atom. The summed E-state index contributed by atoms with van der Waals surface area (Å²) in [6.45, 7) is 5.70. The van der Waals surface area contributed by atoms with Crippen LogP contribution in [0.4, 0.5) is 0 Å². The van der Waals surface area contributed by atoms with Crippen LogP contribution < -0.4 is 5.56 Å². The van der Waals surface area contributed by atoms with Gasteiger partial charge in [-0.2, -0.15) is 0 Å². The highest BCUT2D eigenvalue weighted by Crippen LogP contribution is 2.36. The largest absolute Gasteiger partial charge is 0.344 e. The number of rotatable bonds is 5. The van der Waals surface area contributed by atoms with E-state index >= 15 is 0 Å². The van der Waals surface area contributed by atoms with E-state index in [0.717, 1.165) is 54.8 Å². The molecule has 0 amide bonds. The summed E-state index contributed by atoms with van der Waals surface area (Å²) in [6.07, 6.45) is 8.48. The number of imidazole rings is 1. The van der Waals surface area contributed by atoms with Crippen molar-refractivity contribution < 1.29 is 0 Å².